The van der Waals surface area contributed by atoms with Gasteiger partial charge in [-0.25, -0.2) is 4.79 Å². The minimum atomic E-state index is -0.347. The number of amides is 2. The van der Waals surface area contributed by atoms with Crippen molar-refractivity contribution in [3.63, 3.8) is 0 Å². The number of aliphatic hydroxyl groups excluding tert-OH is 1. The maximum atomic E-state index is 12.8. The number of aliphatic hydroxyl groups is 1. The van der Waals surface area contributed by atoms with Crippen molar-refractivity contribution in [1.29, 1.82) is 0 Å². The number of nitrogens with one attached hydrogen (secondary N) is 2. The Balaban J connectivity index is 1.89. The van der Waals surface area contributed by atoms with E-state index in [9.17, 15) is 14.7 Å². The molecular formula is C23H27N3O3. The fraction of sp³-hybridized carbons (Fsp3) is 0.304. The Morgan fingerprint density at radius 1 is 1.14 bits per heavy atom. The van der Waals surface area contributed by atoms with Crippen LogP contribution in [-0.2, 0) is 13.0 Å². The van der Waals surface area contributed by atoms with Gasteiger partial charge >= 0.3 is 6.03 Å². The highest BCUT2D eigenvalue weighted by atomic mass is 16.3. The first-order valence-electron chi connectivity index (χ1n) is 9.80. The first-order chi connectivity index (χ1) is 13.9. The number of pyridine rings is 1. The number of carbonyl (C=O) groups excluding carboxylic acids is 1. The fourth-order valence-electron chi connectivity index (χ4n) is 3.57. The average molecular weight is 393 g/mol. The van der Waals surface area contributed by atoms with Gasteiger partial charge in [-0.3, -0.25) is 4.79 Å². The number of hydrogen-bond acceptors (Lipinski definition) is 3. The number of aryl methyl sites for hydroxylation is 3. The molecule has 0 saturated heterocycles. The van der Waals surface area contributed by atoms with E-state index in [2.05, 4.69) is 10.3 Å². The average Bonchev–Trinajstić information content (AvgIpc) is 2.69. The summed E-state index contributed by atoms with van der Waals surface area (Å²) >= 11 is 0. The molecule has 6 nitrogen and oxygen atoms in total. The summed E-state index contributed by atoms with van der Waals surface area (Å²) in [5.74, 6) is 0. The van der Waals surface area contributed by atoms with Gasteiger partial charge in [0.1, 0.15) is 0 Å². The number of H-pyrrole nitrogens is 1. The van der Waals surface area contributed by atoms with Crippen molar-refractivity contribution in [2.24, 2.45) is 0 Å². The normalized spacial score (nSPS) is 10.9. The number of aromatic amines is 1. The van der Waals surface area contributed by atoms with Gasteiger partial charge in [0.2, 0.25) is 0 Å². The number of hydrogen-bond donors (Lipinski definition) is 3. The second-order valence-corrected chi connectivity index (χ2v) is 7.26. The number of nitrogens with zero attached hydrogens (tertiary/aromatic N) is 1. The number of rotatable bonds is 6. The lowest BCUT2D eigenvalue weighted by Crippen LogP contribution is -2.38. The Labute approximate surface area is 170 Å². The van der Waals surface area contributed by atoms with Crippen molar-refractivity contribution < 1.29 is 9.90 Å². The van der Waals surface area contributed by atoms with Crippen LogP contribution in [0.5, 0.6) is 0 Å². The number of carbonyl (C=O) groups is 1. The summed E-state index contributed by atoms with van der Waals surface area (Å²) in [6, 6.07) is 13.1. The highest BCUT2D eigenvalue weighted by molar-refractivity contribution is 5.90. The van der Waals surface area contributed by atoms with Crippen molar-refractivity contribution >= 4 is 22.6 Å². The Kier molecular flexibility index (Phi) is 6.34. The third kappa shape index (κ3) is 4.66. The van der Waals surface area contributed by atoms with Crippen LogP contribution >= 0.6 is 0 Å². The van der Waals surface area contributed by atoms with E-state index in [1.54, 1.807) is 0 Å². The van der Waals surface area contributed by atoms with Gasteiger partial charge in [-0.05, 0) is 55.0 Å². The Morgan fingerprint density at radius 3 is 2.62 bits per heavy atom. The Morgan fingerprint density at radius 2 is 1.90 bits per heavy atom. The quantitative estimate of drug-likeness (QED) is 0.596. The predicted octanol–water partition coefficient (Wildman–Crippen LogP) is 3.73. The molecule has 29 heavy (non-hydrogen) atoms. The number of benzene rings is 2. The topological polar surface area (TPSA) is 85.4 Å². The molecule has 0 aliphatic heterocycles. The van der Waals surface area contributed by atoms with Gasteiger partial charge in [0, 0.05) is 17.8 Å². The SMILES string of the molecule is CCc1ccccc1NC(=O)N(CCO)Cc1cc2cc(C)cc(C)c2[nH]c1=O. The molecule has 0 spiro atoms. The van der Waals surface area contributed by atoms with Gasteiger partial charge in [0.15, 0.2) is 0 Å². The molecule has 0 aliphatic rings. The number of anilines is 1. The minimum absolute atomic E-state index is 0.110. The summed E-state index contributed by atoms with van der Waals surface area (Å²) in [6.07, 6.45) is 0.791. The van der Waals surface area contributed by atoms with Crippen LogP contribution in [-0.4, -0.2) is 34.2 Å². The zero-order chi connectivity index (χ0) is 21.0. The van der Waals surface area contributed by atoms with Crippen LogP contribution < -0.4 is 10.9 Å². The summed E-state index contributed by atoms with van der Waals surface area (Å²) in [5, 5.41) is 13.3. The molecule has 3 rings (SSSR count). The number of aromatic nitrogens is 1. The molecule has 0 radical (unpaired) electrons. The van der Waals surface area contributed by atoms with Crippen LogP contribution in [0.2, 0.25) is 0 Å². The van der Waals surface area contributed by atoms with Crippen LogP contribution in [0.15, 0.2) is 47.3 Å². The lowest BCUT2D eigenvalue weighted by atomic mass is 10.1. The van der Waals surface area contributed by atoms with Crippen LogP contribution in [0.1, 0.15) is 29.2 Å². The molecule has 0 atom stereocenters. The van der Waals surface area contributed by atoms with Crippen LogP contribution in [0.3, 0.4) is 0 Å². The van der Waals surface area contributed by atoms with Gasteiger partial charge in [-0.2, -0.15) is 0 Å². The van der Waals surface area contributed by atoms with Gasteiger partial charge in [-0.1, -0.05) is 36.8 Å². The van der Waals surface area contributed by atoms with E-state index in [0.29, 0.717) is 5.56 Å². The van der Waals surface area contributed by atoms with Gasteiger partial charge < -0.3 is 20.3 Å². The maximum Gasteiger partial charge on any atom is 0.322 e. The van der Waals surface area contributed by atoms with Crippen LogP contribution in [0.25, 0.3) is 10.9 Å². The minimum Gasteiger partial charge on any atom is -0.395 e. The predicted molar refractivity (Wildman–Crippen MR) is 116 cm³/mol. The number of para-hydroxylation sites is 1. The van der Waals surface area contributed by atoms with E-state index in [0.717, 1.165) is 39.7 Å². The number of fused-ring (bicyclic) bond motifs is 1. The summed E-state index contributed by atoms with van der Waals surface area (Å²) in [6.45, 7) is 6.04. The molecule has 3 aromatic rings. The first-order valence-corrected chi connectivity index (χ1v) is 9.80. The molecule has 3 N–H and O–H groups in total. The summed E-state index contributed by atoms with van der Waals surface area (Å²) in [7, 11) is 0. The molecule has 6 heteroatoms. The number of urea groups is 1. The Hall–Kier alpha value is -3.12. The maximum absolute atomic E-state index is 12.8. The summed E-state index contributed by atoms with van der Waals surface area (Å²) in [5.41, 5.74) is 4.93. The van der Waals surface area contributed by atoms with E-state index < -0.39 is 0 Å². The summed E-state index contributed by atoms with van der Waals surface area (Å²) < 4.78 is 0. The second kappa shape index (κ2) is 8.92. The van der Waals surface area contributed by atoms with Gasteiger partial charge in [-0.15, -0.1) is 0 Å². The molecule has 0 fully saturated rings. The monoisotopic (exact) mass is 393 g/mol. The molecule has 0 aliphatic carbocycles. The van der Waals surface area contributed by atoms with Crippen molar-refractivity contribution in [3.8, 4) is 0 Å². The molecule has 2 amide bonds. The van der Waals surface area contributed by atoms with E-state index in [-0.39, 0.29) is 31.3 Å². The van der Waals surface area contributed by atoms with Crippen molar-refractivity contribution in [2.45, 2.75) is 33.7 Å². The lowest BCUT2D eigenvalue weighted by Gasteiger charge is -2.23. The Bertz CT molecular complexity index is 1090. The summed E-state index contributed by atoms with van der Waals surface area (Å²) in [4.78, 5) is 29.8. The second-order valence-electron chi connectivity index (χ2n) is 7.26. The largest absolute Gasteiger partial charge is 0.395 e. The van der Waals surface area contributed by atoms with Crippen molar-refractivity contribution in [3.05, 3.63) is 75.1 Å². The van der Waals surface area contributed by atoms with E-state index in [1.807, 2.05) is 63.2 Å². The smallest absolute Gasteiger partial charge is 0.322 e. The third-order valence-corrected chi connectivity index (χ3v) is 5.03. The van der Waals surface area contributed by atoms with Crippen molar-refractivity contribution in [2.75, 3.05) is 18.5 Å². The molecule has 1 aromatic heterocycles. The highest BCUT2D eigenvalue weighted by Gasteiger charge is 2.17. The standard InChI is InChI=1S/C23H27N3O3/c1-4-17-7-5-6-8-20(17)24-23(29)26(9-10-27)14-19-13-18-12-15(2)11-16(3)21(18)25-22(19)28/h5-8,11-13,27H,4,9-10,14H2,1-3H3,(H,24,29)(H,25,28). The lowest BCUT2D eigenvalue weighted by molar-refractivity contribution is 0.185. The van der Waals surface area contributed by atoms with Gasteiger partial charge in [0.05, 0.1) is 18.7 Å². The third-order valence-electron chi connectivity index (χ3n) is 5.03. The van der Waals surface area contributed by atoms with E-state index >= 15 is 0 Å². The van der Waals surface area contributed by atoms with Crippen molar-refractivity contribution in [1.82, 2.24) is 9.88 Å². The molecule has 152 valence electrons. The molecule has 2 aromatic carbocycles. The van der Waals surface area contributed by atoms with E-state index in [1.165, 1.54) is 4.90 Å². The molecular weight excluding hydrogens is 366 g/mol. The fourth-order valence-corrected chi connectivity index (χ4v) is 3.57. The van der Waals surface area contributed by atoms with Crippen LogP contribution in [0.4, 0.5) is 10.5 Å². The van der Waals surface area contributed by atoms with Crippen LogP contribution in [0, 0.1) is 13.8 Å². The molecule has 1 heterocycles. The molecule has 0 unspecified atom stereocenters. The zero-order valence-corrected chi connectivity index (χ0v) is 17.1. The molecule has 0 bridgehead atoms. The first kappa shape index (κ1) is 20.6. The molecule has 0 saturated carbocycles. The highest BCUT2D eigenvalue weighted by Crippen LogP contribution is 2.19. The van der Waals surface area contributed by atoms with Gasteiger partial charge in [0.25, 0.3) is 5.56 Å². The zero-order valence-electron chi connectivity index (χ0n) is 17.1. The van der Waals surface area contributed by atoms with E-state index in [4.69, 9.17) is 0 Å².